The summed E-state index contributed by atoms with van der Waals surface area (Å²) in [5.74, 6) is 1.14. The van der Waals surface area contributed by atoms with E-state index in [1.165, 1.54) is 0 Å². The largest absolute Gasteiger partial charge is 0.457 e. The maximum Gasteiger partial charge on any atom is 0.255 e. The van der Waals surface area contributed by atoms with Crippen LogP contribution in [0.1, 0.15) is 43.4 Å². The van der Waals surface area contributed by atoms with Gasteiger partial charge in [-0.1, -0.05) is 36.4 Å². The minimum atomic E-state index is -0.497. The van der Waals surface area contributed by atoms with Gasteiger partial charge in [-0.25, -0.2) is 4.98 Å². The van der Waals surface area contributed by atoms with Gasteiger partial charge >= 0.3 is 0 Å². The third-order valence-electron chi connectivity index (χ3n) is 6.32. The second kappa shape index (κ2) is 9.58. The molecule has 0 fully saturated rings. The summed E-state index contributed by atoms with van der Waals surface area (Å²) in [6.07, 6.45) is 2.06. The molecule has 6 heteroatoms. The summed E-state index contributed by atoms with van der Waals surface area (Å²) in [5, 5.41) is 6.29. The summed E-state index contributed by atoms with van der Waals surface area (Å²) < 4.78 is 6.06. The molecule has 3 aromatic rings. The fourth-order valence-corrected chi connectivity index (χ4v) is 4.80. The van der Waals surface area contributed by atoms with Crippen molar-refractivity contribution in [1.29, 1.82) is 0 Å². The molecular weight excluding hydrogens is 438 g/mol. The number of nitrogens with one attached hydrogen (secondary N) is 2. The van der Waals surface area contributed by atoms with Crippen LogP contribution in [0.3, 0.4) is 0 Å². The van der Waals surface area contributed by atoms with E-state index in [1.807, 2.05) is 80.6 Å². The SMILES string of the molecule is CC1=C(C(=O)Nc2cccc(C)n2)[C@H](c2cccc(Oc3ccccc3)c2)C2=C(CCCC2=O)N1. The van der Waals surface area contributed by atoms with Crippen LogP contribution in [0.15, 0.2) is 95.3 Å². The molecule has 0 bridgehead atoms. The number of carbonyl (C=O) groups is 2. The van der Waals surface area contributed by atoms with Gasteiger partial charge in [0.1, 0.15) is 17.3 Å². The lowest BCUT2D eigenvalue weighted by atomic mass is 9.75. The van der Waals surface area contributed by atoms with Gasteiger partial charge in [-0.2, -0.15) is 0 Å². The topological polar surface area (TPSA) is 80.3 Å². The van der Waals surface area contributed by atoms with E-state index in [4.69, 9.17) is 4.74 Å². The molecule has 2 aromatic carbocycles. The standard InChI is InChI=1S/C29H27N3O3/c1-18-9-6-16-25(30-18)32-29(34)26-19(2)31-23-14-8-15-24(33)28(23)27(26)20-10-7-13-22(17-20)35-21-11-4-3-5-12-21/h3-7,9-13,16-17,27,31H,8,14-15H2,1-2H3,(H,30,32,34)/t27-/m0/s1. The number of carbonyl (C=O) groups excluding carboxylic acids is 2. The molecule has 176 valence electrons. The van der Waals surface area contributed by atoms with Crippen LogP contribution >= 0.6 is 0 Å². The molecular formula is C29H27N3O3. The molecule has 1 aliphatic heterocycles. The van der Waals surface area contributed by atoms with E-state index < -0.39 is 5.92 Å². The zero-order valence-corrected chi connectivity index (χ0v) is 19.8. The number of benzene rings is 2. The first-order valence-electron chi connectivity index (χ1n) is 11.8. The predicted molar refractivity (Wildman–Crippen MR) is 135 cm³/mol. The minimum Gasteiger partial charge on any atom is -0.457 e. The average molecular weight is 466 g/mol. The van der Waals surface area contributed by atoms with Gasteiger partial charge in [-0.05, 0) is 68.7 Å². The number of aromatic nitrogens is 1. The van der Waals surface area contributed by atoms with Crippen LogP contribution in [0.5, 0.6) is 11.5 Å². The molecule has 1 amide bonds. The first-order valence-corrected chi connectivity index (χ1v) is 11.8. The van der Waals surface area contributed by atoms with Crippen molar-refractivity contribution < 1.29 is 14.3 Å². The van der Waals surface area contributed by atoms with Crippen LogP contribution in [0.2, 0.25) is 0 Å². The number of rotatable bonds is 5. The Morgan fingerprint density at radius 1 is 0.971 bits per heavy atom. The van der Waals surface area contributed by atoms with E-state index in [9.17, 15) is 9.59 Å². The number of anilines is 1. The van der Waals surface area contributed by atoms with Crippen molar-refractivity contribution >= 4 is 17.5 Å². The Balaban J connectivity index is 1.56. The van der Waals surface area contributed by atoms with E-state index in [0.717, 1.165) is 41.2 Å². The maximum absolute atomic E-state index is 13.6. The molecule has 0 saturated heterocycles. The summed E-state index contributed by atoms with van der Waals surface area (Å²) in [7, 11) is 0. The number of amides is 1. The Hall–Kier alpha value is -4.19. The number of para-hydroxylation sites is 1. The molecule has 1 aromatic heterocycles. The van der Waals surface area contributed by atoms with Gasteiger partial charge in [-0.15, -0.1) is 0 Å². The van der Waals surface area contributed by atoms with Crippen molar-refractivity contribution in [3.05, 3.63) is 107 Å². The summed E-state index contributed by atoms with van der Waals surface area (Å²) in [4.78, 5) is 31.2. The van der Waals surface area contributed by atoms with Crippen molar-refractivity contribution in [1.82, 2.24) is 10.3 Å². The number of Topliss-reactive ketones (excluding diaryl/α,β-unsaturated/α-hetero) is 1. The van der Waals surface area contributed by atoms with Gasteiger partial charge in [-0.3, -0.25) is 9.59 Å². The monoisotopic (exact) mass is 465 g/mol. The molecule has 1 aliphatic carbocycles. The Morgan fingerprint density at radius 3 is 2.54 bits per heavy atom. The molecule has 0 saturated carbocycles. The molecule has 0 unspecified atom stereocenters. The van der Waals surface area contributed by atoms with Crippen LogP contribution in [0.25, 0.3) is 0 Å². The Bertz CT molecular complexity index is 1360. The van der Waals surface area contributed by atoms with Gasteiger partial charge in [0, 0.05) is 40.6 Å². The summed E-state index contributed by atoms with van der Waals surface area (Å²) in [6.45, 7) is 3.76. The third-order valence-corrected chi connectivity index (χ3v) is 6.32. The van der Waals surface area contributed by atoms with Gasteiger partial charge in [0.2, 0.25) is 0 Å². The molecule has 2 aliphatic rings. The number of ketones is 1. The van der Waals surface area contributed by atoms with Crippen molar-refractivity contribution in [3.63, 3.8) is 0 Å². The highest BCUT2D eigenvalue weighted by atomic mass is 16.5. The molecule has 0 spiro atoms. The normalized spacial score (nSPS) is 17.5. The Labute approximate surface area is 204 Å². The highest BCUT2D eigenvalue weighted by molar-refractivity contribution is 6.09. The third kappa shape index (κ3) is 4.73. The van der Waals surface area contributed by atoms with E-state index in [2.05, 4.69) is 15.6 Å². The second-order valence-corrected chi connectivity index (χ2v) is 8.87. The van der Waals surface area contributed by atoms with Gasteiger partial charge in [0.05, 0.1) is 0 Å². The van der Waals surface area contributed by atoms with E-state index in [1.54, 1.807) is 6.07 Å². The van der Waals surface area contributed by atoms with Crippen LogP contribution in [0.4, 0.5) is 5.82 Å². The molecule has 1 atom stereocenters. The predicted octanol–water partition coefficient (Wildman–Crippen LogP) is 5.79. The fraction of sp³-hybridized carbons (Fsp3) is 0.207. The first-order chi connectivity index (χ1) is 17.0. The molecule has 35 heavy (non-hydrogen) atoms. The number of allylic oxidation sites excluding steroid dienone is 3. The highest BCUT2D eigenvalue weighted by Gasteiger charge is 2.38. The van der Waals surface area contributed by atoms with Gasteiger partial charge < -0.3 is 15.4 Å². The molecule has 2 heterocycles. The first kappa shape index (κ1) is 22.6. The lowest BCUT2D eigenvalue weighted by molar-refractivity contribution is -0.116. The maximum atomic E-state index is 13.6. The van der Waals surface area contributed by atoms with Crippen LogP contribution in [-0.2, 0) is 9.59 Å². The van der Waals surface area contributed by atoms with Crippen molar-refractivity contribution in [2.24, 2.45) is 0 Å². The number of pyridine rings is 1. The summed E-state index contributed by atoms with van der Waals surface area (Å²) >= 11 is 0. The number of dihydropyridines is 1. The number of hydrogen-bond donors (Lipinski definition) is 2. The Morgan fingerprint density at radius 2 is 1.74 bits per heavy atom. The fourth-order valence-electron chi connectivity index (χ4n) is 4.80. The lowest BCUT2D eigenvalue weighted by Gasteiger charge is -2.34. The van der Waals surface area contributed by atoms with Gasteiger partial charge in [0.15, 0.2) is 5.78 Å². The van der Waals surface area contributed by atoms with Crippen LogP contribution in [-0.4, -0.2) is 16.7 Å². The van der Waals surface area contributed by atoms with Crippen molar-refractivity contribution in [3.8, 4) is 11.5 Å². The Kier molecular flexibility index (Phi) is 6.19. The lowest BCUT2D eigenvalue weighted by Crippen LogP contribution is -2.35. The number of hydrogen-bond acceptors (Lipinski definition) is 5. The molecule has 0 radical (unpaired) electrons. The number of aryl methyl sites for hydroxylation is 1. The zero-order valence-electron chi connectivity index (χ0n) is 19.8. The number of nitrogens with zero attached hydrogens (tertiary/aromatic N) is 1. The summed E-state index contributed by atoms with van der Waals surface area (Å²) in [5.41, 5.74) is 4.47. The highest BCUT2D eigenvalue weighted by Crippen LogP contribution is 2.43. The minimum absolute atomic E-state index is 0.0737. The molecule has 5 rings (SSSR count). The molecule has 2 N–H and O–H groups in total. The zero-order chi connectivity index (χ0) is 24.4. The quantitative estimate of drug-likeness (QED) is 0.499. The van der Waals surface area contributed by atoms with Crippen molar-refractivity contribution in [2.45, 2.75) is 39.0 Å². The summed E-state index contributed by atoms with van der Waals surface area (Å²) in [6, 6.07) is 22.7. The van der Waals surface area contributed by atoms with Gasteiger partial charge in [0.25, 0.3) is 5.91 Å². The number of ether oxygens (including phenoxy) is 1. The van der Waals surface area contributed by atoms with E-state index >= 15 is 0 Å². The second-order valence-electron chi connectivity index (χ2n) is 8.87. The van der Waals surface area contributed by atoms with Crippen LogP contribution < -0.4 is 15.4 Å². The van der Waals surface area contributed by atoms with Crippen LogP contribution in [0, 0.1) is 6.92 Å². The smallest absolute Gasteiger partial charge is 0.255 e. The average Bonchev–Trinajstić information content (AvgIpc) is 2.84. The molecule has 6 nitrogen and oxygen atoms in total. The van der Waals surface area contributed by atoms with E-state index in [-0.39, 0.29) is 11.7 Å². The van der Waals surface area contributed by atoms with E-state index in [0.29, 0.717) is 29.1 Å². The van der Waals surface area contributed by atoms with Crippen molar-refractivity contribution in [2.75, 3.05) is 5.32 Å².